The Morgan fingerprint density at radius 2 is 1.75 bits per heavy atom. The molecule has 0 fully saturated rings. The van der Waals surface area contributed by atoms with Crippen LogP contribution in [0.3, 0.4) is 0 Å². The normalized spacial score (nSPS) is 14.1. The van der Waals surface area contributed by atoms with Gasteiger partial charge in [-0.1, -0.05) is 24.3 Å². The SMILES string of the molecule is CC(O)(CCN)c1ccc(-c2ccc(F)cc2F)cc1. The molecule has 4 heteroatoms. The van der Waals surface area contributed by atoms with Crippen molar-refractivity contribution in [3.63, 3.8) is 0 Å². The maximum absolute atomic E-state index is 13.7. The molecule has 1 unspecified atom stereocenters. The lowest BCUT2D eigenvalue weighted by Gasteiger charge is -2.23. The highest BCUT2D eigenvalue weighted by atomic mass is 19.1. The summed E-state index contributed by atoms with van der Waals surface area (Å²) in [7, 11) is 0. The van der Waals surface area contributed by atoms with Crippen LogP contribution in [-0.2, 0) is 5.60 Å². The largest absolute Gasteiger partial charge is 0.385 e. The van der Waals surface area contributed by atoms with E-state index in [0.29, 0.717) is 29.7 Å². The van der Waals surface area contributed by atoms with Crippen molar-refractivity contribution in [2.75, 3.05) is 6.54 Å². The van der Waals surface area contributed by atoms with Gasteiger partial charge in [0.1, 0.15) is 11.6 Å². The van der Waals surface area contributed by atoms with Crippen molar-refractivity contribution in [2.24, 2.45) is 5.73 Å². The molecule has 106 valence electrons. The van der Waals surface area contributed by atoms with Crippen molar-refractivity contribution in [3.05, 3.63) is 59.7 Å². The highest BCUT2D eigenvalue weighted by molar-refractivity contribution is 5.64. The van der Waals surface area contributed by atoms with Crippen LogP contribution in [0.15, 0.2) is 42.5 Å². The lowest BCUT2D eigenvalue weighted by Crippen LogP contribution is -2.24. The van der Waals surface area contributed by atoms with E-state index in [4.69, 9.17) is 5.73 Å². The molecule has 0 amide bonds. The molecule has 2 rings (SSSR count). The third-order valence-corrected chi connectivity index (χ3v) is 3.38. The number of hydrogen-bond donors (Lipinski definition) is 2. The number of aliphatic hydroxyl groups is 1. The zero-order valence-corrected chi connectivity index (χ0v) is 11.2. The fourth-order valence-corrected chi connectivity index (χ4v) is 2.16. The minimum absolute atomic E-state index is 0.330. The minimum Gasteiger partial charge on any atom is -0.385 e. The molecule has 3 N–H and O–H groups in total. The van der Waals surface area contributed by atoms with Crippen LogP contribution in [0.25, 0.3) is 11.1 Å². The van der Waals surface area contributed by atoms with Crippen LogP contribution in [0.1, 0.15) is 18.9 Å². The first kappa shape index (κ1) is 14.6. The highest BCUT2D eigenvalue weighted by Gasteiger charge is 2.21. The first-order chi connectivity index (χ1) is 9.44. The van der Waals surface area contributed by atoms with Gasteiger partial charge in [0.25, 0.3) is 0 Å². The molecular formula is C16H17F2NO. The topological polar surface area (TPSA) is 46.2 Å². The number of nitrogens with two attached hydrogens (primary N) is 1. The Balaban J connectivity index is 2.33. The summed E-state index contributed by atoms with van der Waals surface area (Å²) < 4.78 is 26.6. The summed E-state index contributed by atoms with van der Waals surface area (Å²) in [6, 6.07) is 10.3. The number of halogens is 2. The van der Waals surface area contributed by atoms with Crippen molar-refractivity contribution in [2.45, 2.75) is 18.9 Å². The summed E-state index contributed by atoms with van der Waals surface area (Å²) in [6.45, 7) is 2.06. The molecular weight excluding hydrogens is 260 g/mol. The second kappa shape index (κ2) is 5.69. The number of benzene rings is 2. The van der Waals surface area contributed by atoms with Crippen LogP contribution in [0.2, 0.25) is 0 Å². The molecule has 0 saturated carbocycles. The van der Waals surface area contributed by atoms with Crippen LogP contribution in [0.4, 0.5) is 8.78 Å². The summed E-state index contributed by atoms with van der Waals surface area (Å²) in [4.78, 5) is 0. The molecule has 0 heterocycles. The quantitative estimate of drug-likeness (QED) is 0.901. The molecule has 0 aliphatic carbocycles. The van der Waals surface area contributed by atoms with Crippen LogP contribution in [-0.4, -0.2) is 11.7 Å². The molecule has 0 bridgehead atoms. The molecule has 0 saturated heterocycles. The van der Waals surface area contributed by atoms with Gasteiger partial charge < -0.3 is 10.8 Å². The predicted molar refractivity (Wildman–Crippen MR) is 75.0 cm³/mol. The smallest absolute Gasteiger partial charge is 0.133 e. The zero-order chi connectivity index (χ0) is 14.8. The molecule has 0 aliphatic rings. The lowest BCUT2D eigenvalue weighted by atomic mass is 9.91. The van der Waals surface area contributed by atoms with E-state index in [2.05, 4.69) is 0 Å². The van der Waals surface area contributed by atoms with Crippen LogP contribution >= 0.6 is 0 Å². The summed E-state index contributed by atoms with van der Waals surface area (Å²) in [5, 5.41) is 10.2. The van der Waals surface area contributed by atoms with Crippen molar-refractivity contribution in [3.8, 4) is 11.1 Å². The first-order valence-corrected chi connectivity index (χ1v) is 6.42. The second-order valence-corrected chi connectivity index (χ2v) is 5.01. The van der Waals surface area contributed by atoms with Gasteiger partial charge in [0.05, 0.1) is 5.60 Å². The van der Waals surface area contributed by atoms with Crippen molar-refractivity contribution in [1.82, 2.24) is 0 Å². The molecule has 2 aromatic rings. The third kappa shape index (κ3) is 3.03. The average molecular weight is 277 g/mol. The van der Waals surface area contributed by atoms with E-state index in [9.17, 15) is 13.9 Å². The van der Waals surface area contributed by atoms with Gasteiger partial charge in [-0.3, -0.25) is 0 Å². The molecule has 2 aromatic carbocycles. The Morgan fingerprint density at radius 1 is 1.10 bits per heavy atom. The van der Waals surface area contributed by atoms with E-state index in [1.165, 1.54) is 12.1 Å². The standard InChI is InChI=1S/C16H17F2NO/c1-16(20,8-9-19)12-4-2-11(3-5-12)14-7-6-13(17)10-15(14)18/h2-7,10,20H,8-9,19H2,1H3. The Morgan fingerprint density at radius 3 is 2.30 bits per heavy atom. The van der Waals surface area contributed by atoms with Gasteiger partial charge in [-0.2, -0.15) is 0 Å². The van der Waals surface area contributed by atoms with Crippen molar-refractivity contribution in [1.29, 1.82) is 0 Å². The lowest BCUT2D eigenvalue weighted by molar-refractivity contribution is 0.0504. The van der Waals surface area contributed by atoms with Crippen LogP contribution < -0.4 is 5.73 Å². The molecule has 0 radical (unpaired) electrons. The number of hydrogen-bond acceptors (Lipinski definition) is 2. The van der Waals surface area contributed by atoms with E-state index in [-0.39, 0.29) is 0 Å². The van der Waals surface area contributed by atoms with E-state index in [1.807, 2.05) is 0 Å². The molecule has 0 aromatic heterocycles. The molecule has 0 aliphatic heterocycles. The first-order valence-electron chi connectivity index (χ1n) is 6.42. The van der Waals surface area contributed by atoms with Crippen molar-refractivity contribution < 1.29 is 13.9 Å². The second-order valence-electron chi connectivity index (χ2n) is 5.01. The summed E-state index contributed by atoms with van der Waals surface area (Å²) in [5.74, 6) is -1.21. The van der Waals surface area contributed by atoms with E-state index >= 15 is 0 Å². The van der Waals surface area contributed by atoms with Gasteiger partial charge in [0.2, 0.25) is 0 Å². The van der Waals surface area contributed by atoms with E-state index in [0.717, 1.165) is 6.07 Å². The fourth-order valence-electron chi connectivity index (χ4n) is 2.16. The molecule has 2 nitrogen and oxygen atoms in total. The van der Waals surface area contributed by atoms with Gasteiger partial charge >= 0.3 is 0 Å². The maximum atomic E-state index is 13.7. The van der Waals surface area contributed by atoms with Gasteiger partial charge in [0, 0.05) is 11.6 Å². The zero-order valence-electron chi connectivity index (χ0n) is 11.2. The summed E-state index contributed by atoms with van der Waals surface area (Å²) in [6.07, 6.45) is 0.442. The average Bonchev–Trinajstić information content (AvgIpc) is 2.39. The Bertz CT molecular complexity index is 594. The number of rotatable bonds is 4. The van der Waals surface area contributed by atoms with Gasteiger partial charge in [0.15, 0.2) is 0 Å². The Labute approximate surface area is 116 Å². The summed E-state index contributed by atoms with van der Waals surface area (Å²) in [5.41, 5.74) is 6.14. The van der Waals surface area contributed by atoms with Crippen LogP contribution in [0, 0.1) is 11.6 Å². The van der Waals surface area contributed by atoms with Gasteiger partial charge in [-0.05, 0) is 43.1 Å². The monoisotopic (exact) mass is 277 g/mol. The Kier molecular flexibility index (Phi) is 4.16. The van der Waals surface area contributed by atoms with Gasteiger partial charge in [-0.25, -0.2) is 8.78 Å². The molecule has 20 heavy (non-hydrogen) atoms. The maximum Gasteiger partial charge on any atom is 0.133 e. The summed E-state index contributed by atoms with van der Waals surface area (Å²) >= 11 is 0. The van der Waals surface area contributed by atoms with Crippen LogP contribution in [0.5, 0.6) is 0 Å². The van der Waals surface area contributed by atoms with Crippen molar-refractivity contribution >= 4 is 0 Å². The van der Waals surface area contributed by atoms with E-state index in [1.54, 1.807) is 31.2 Å². The third-order valence-electron chi connectivity index (χ3n) is 3.38. The predicted octanol–water partition coefficient (Wildman–Crippen LogP) is 3.19. The minimum atomic E-state index is -1.01. The Hall–Kier alpha value is -1.78. The molecule has 1 atom stereocenters. The van der Waals surface area contributed by atoms with Gasteiger partial charge in [-0.15, -0.1) is 0 Å². The highest BCUT2D eigenvalue weighted by Crippen LogP contribution is 2.28. The fraction of sp³-hybridized carbons (Fsp3) is 0.250. The van der Waals surface area contributed by atoms with E-state index < -0.39 is 17.2 Å². The molecule has 0 spiro atoms.